The van der Waals surface area contributed by atoms with Crippen LogP contribution in [0.2, 0.25) is 0 Å². The standard InChI is InChI=1S/C17H17N5O2/c1-22-10-13(9-20-22)14-5-2-11(7-18-14)8-19-17(23)15-6-16(24-21-15)12-3-4-12/h2,5-7,9-10,12H,3-4,8H2,1H3,(H,19,23). The first kappa shape index (κ1) is 14.6. The van der Waals surface area contributed by atoms with Crippen molar-refractivity contribution in [2.75, 3.05) is 0 Å². The lowest BCUT2D eigenvalue weighted by Gasteiger charge is -2.03. The van der Waals surface area contributed by atoms with E-state index in [0.717, 1.165) is 35.4 Å². The van der Waals surface area contributed by atoms with Gasteiger partial charge in [0.15, 0.2) is 5.69 Å². The molecule has 3 aromatic heterocycles. The maximum Gasteiger partial charge on any atom is 0.273 e. The van der Waals surface area contributed by atoms with Crippen LogP contribution in [0.1, 0.15) is 40.6 Å². The second-order valence-corrected chi connectivity index (χ2v) is 6.03. The second-order valence-electron chi connectivity index (χ2n) is 6.03. The van der Waals surface area contributed by atoms with Crippen LogP contribution in [-0.2, 0) is 13.6 Å². The molecule has 0 radical (unpaired) electrons. The Morgan fingerprint density at radius 3 is 2.92 bits per heavy atom. The van der Waals surface area contributed by atoms with Crippen LogP contribution in [0.15, 0.2) is 41.3 Å². The number of hydrogen-bond donors (Lipinski definition) is 1. The molecule has 0 unspecified atom stereocenters. The van der Waals surface area contributed by atoms with Gasteiger partial charge in [-0.1, -0.05) is 11.2 Å². The monoisotopic (exact) mass is 323 g/mol. The molecule has 122 valence electrons. The third kappa shape index (κ3) is 3.05. The van der Waals surface area contributed by atoms with E-state index in [1.165, 1.54) is 0 Å². The molecule has 7 heteroatoms. The van der Waals surface area contributed by atoms with Crippen molar-refractivity contribution in [2.24, 2.45) is 7.05 Å². The summed E-state index contributed by atoms with van der Waals surface area (Å²) in [5.74, 6) is 1.02. The summed E-state index contributed by atoms with van der Waals surface area (Å²) in [6.07, 6.45) is 7.66. The van der Waals surface area contributed by atoms with Gasteiger partial charge in [0.05, 0.1) is 11.9 Å². The average Bonchev–Trinajstić information content (AvgIpc) is 3.16. The molecule has 3 heterocycles. The van der Waals surface area contributed by atoms with E-state index in [-0.39, 0.29) is 5.91 Å². The Kier molecular flexibility index (Phi) is 3.60. The van der Waals surface area contributed by atoms with Gasteiger partial charge in [0.1, 0.15) is 5.76 Å². The van der Waals surface area contributed by atoms with Crippen molar-refractivity contribution in [3.05, 3.63) is 53.8 Å². The third-order valence-electron chi connectivity index (χ3n) is 4.02. The van der Waals surface area contributed by atoms with E-state index in [1.807, 2.05) is 25.4 Å². The molecule has 0 saturated heterocycles. The lowest BCUT2D eigenvalue weighted by atomic mass is 10.2. The van der Waals surface area contributed by atoms with Gasteiger partial charge in [0.25, 0.3) is 5.91 Å². The molecule has 1 saturated carbocycles. The fourth-order valence-electron chi connectivity index (χ4n) is 2.48. The van der Waals surface area contributed by atoms with Crippen LogP contribution in [0, 0.1) is 0 Å². The number of pyridine rings is 1. The van der Waals surface area contributed by atoms with Crippen molar-refractivity contribution < 1.29 is 9.32 Å². The smallest absolute Gasteiger partial charge is 0.273 e. The maximum atomic E-state index is 12.1. The van der Waals surface area contributed by atoms with Crippen molar-refractivity contribution in [3.8, 4) is 11.3 Å². The predicted molar refractivity (Wildman–Crippen MR) is 86.1 cm³/mol. The summed E-state index contributed by atoms with van der Waals surface area (Å²) in [5, 5.41) is 10.8. The minimum Gasteiger partial charge on any atom is -0.360 e. The number of amides is 1. The van der Waals surface area contributed by atoms with Gasteiger partial charge in [-0.3, -0.25) is 14.5 Å². The van der Waals surface area contributed by atoms with Crippen LogP contribution in [0.25, 0.3) is 11.3 Å². The fraction of sp³-hybridized carbons (Fsp3) is 0.294. The van der Waals surface area contributed by atoms with Gasteiger partial charge in [-0.15, -0.1) is 0 Å². The Labute approximate surface area is 138 Å². The van der Waals surface area contributed by atoms with Crippen molar-refractivity contribution in [1.29, 1.82) is 0 Å². The largest absolute Gasteiger partial charge is 0.360 e. The van der Waals surface area contributed by atoms with E-state index in [9.17, 15) is 4.79 Å². The first-order valence-electron chi connectivity index (χ1n) is 7.88. The van der Waals surface area contributed by atoms with Gasteiger partial charge < -0.3 is 9.84 Å². The van der Waals surface area contributed by atoms with E-state index in [0.29, 0.717) is 18.2 Å². The number of carbonyl (C=O) groups is 1. The highest BCUT2D eigenvalue weighted by Crippen LogP contribution is 2.40. The number of aromatic nitrogens is 4. The van der Waals surface area contributed by atoms with E-state index >= 15 is 0 Å². The second kappa shape index (κ2) is 5.92. The van der Waals surface area contributed by atoms with Crippen molar-refractivity contribution in [1.82, 2.24) is 25.2 Å². The fourth-order valence-corrected chi connectivity index (χ4v) is 2.48. The lowest BCUT2D eigenvalue weighted by molar-refractivity contribution is 0.0941. The number of aryl methyl sites for hydroxylation is 1. The normalized spacial score (nSPS) is 13.9. The van der Waals surface area contributed by atoms with E-state index in [2.05, 4.69) is 20.6 Å². The van der Waals surface area contributed by atoms with Crippen LogP contribution in [-0.4, -0.2) is 25.8 Å². The maximum absolute atomic E-state index is 12.1. The van der Waals surface area contributed by atoms with Crippen LogP contribution in [0.3, 0.4) is 0 Å². The zero-order valence-electron chi connectivity index (χ0n) is 13.3. The summed E-state index contributed by atoms with van der Waals surface area (Å²) in [6.45, 7) is 0.394. The molecular formula is C17H17N5O2. The Morgan fingerprint density at radius 1 is 1.38 bits per heavy atom. The Morgan fingerprint density at radius 2 is 2.25 bits per heavy atom. The van der Waals surface area contributed by atoms with Crippen LogP contribution < -0.4 is 5.32 Å². The third-order valence-corrected chi connectivity index (χ3v) is 4.02. The topological polar surface area (TPSA) is 85.8 Å². The molecule has 0 atom stereocenters. The number of nitrogens with one attached hydrogen (secondary N) is 1. The molecule has 1 N–H and O–H groups in total. The molecule has 0 bridgehead atoms. The molecule has 0 aromatic carbocycles. The van der Waals surface area contributed by atoms with Crippen molar-refractivity contribution in [3.63, 3.8) is 0 Å². The molecule has 4 rings (SSSR count). The van der Waals surface area contributed by atoms with Gasteiger partial charge in [-0.2, -0.15) is 5.10 Å². The lowest BCUT2D eigenvalue weighted by Crippen LogP contribution is -2.23. The summed E-state index contributed by atoms with van der Waals surface area (Å²) < 4.78 is 6.93. The van der Waals surface area contributed by atoms with Crippen molar-refractivity contribution in [2.45, 2.75) is 25.3 Å². The van der Waals surface area contributed by atoms with Gasteiger partial charge >= 0.3 is 0 Å². The molecule has 7 nitrogen and oxygen atoms in total. The minimum atomic E-state index is -0.234. The van der Waals surface area contributed by atoms with Crippen LogP contribution >= 0.6 is 0 Å². The van der Waals surface area contributed by atoms with Gasteiger partial charge in [0, 0.05) is 43.5 Å². The zero-order chi connectivity index (χ0) is 16.5. The highest BCUT2D eigenvalue weighted by atomic mass is 16.5. The number of hydrogen-bond acceptors (Lipinski definition) is 5. The molecule has 0 spiro atoms. The summed E-state index contributed by atoms with van der Waals surface area (Å²) in [6, 6.07) is 5.59. The molecule has 24 heavy (non-hydrogen) atoms. The highest BCUT2D eigenvalue weighted by molar-refractivity contribution is 5.92. The number of rotatable bonds is 5. The first-order valence-corrected chi connectivity index (χ1v) is 7.88. The number of carbonyl (C=O) groups excluding carboxylic acids is 1. The van der Waals surface area contributed by atoms with Gasteiger partial charge in [-0.25, -0.2) is 0 Å². The molecule has 1 fully saturated rings. The van der Waals surface area contributed by atoms with E-state index in [4.69, 9.17) is 4.52 Å². The predicted octanol–water partition coefficient (Wildman–Crippen LogP) is 2.28. The first-order chi connectivity index (χ1) is 11.7. The van der Waals surface area contributed by atoms with Gasteiger partial charge in [-0.05, 0) is 24.5 Å². The minimum absolute atomic E-state index is 0.234. The highest BCUT2D eigenvalue weighted by Gasteiger charge is 2.28. The molecule has 1 amide bonds. The summed E-state index contributed by atoms with van der Waals surface area (Å²) in [5.41, 5.74) is 3.06. The molecular weight excluding hydrogens is 306 g/mol. The number of nitrogens with zero attached hydrogens (tertiary/aromatic N) is 4. The average molecular weight is 323 g/mol. The summed E-state index contributed by atoms with van der Waals surface area (Å²) in [7, 11) is 1.87. The Bertz CT molecular complexity index is 861. The molecule has 1 aliphatic rings. The Hall–Kier alpha value is -2.96. The van der Waals surface area contributed by atoms with E-state index < -0.39 is 0 Å². The van der Waals surface area contributed by atoms with Gasteiger partial charge in [0.2, 0.25) is 0 Å². The quantitative estimate of drug-likeness (QED) is 0.778. The summed E-state index contributed by atoms with van der Waals surface area (Å²) >= 11 is 0. The molecule has 3 aromatic rings. The zero-order valence-corrected chi connectivity index (χ0v) is 13.3. The van der Waals surface area contributed by atoms with Crippen LogP contribution in [0.5, 0.6) is 0 Å². The summed E-state index contributed by atoms with van der Waals surface area (Å²) in [4.78, 5) is 16.5. The Balaban J connectivity index is 1.37. The van der Waals surface area contributed by atoms with Crippen LogP contribution in [0.4, 0.5) is 0 Å². The van der Waals surface area contributed by atoms with E-state index in [1.54, 1.807) is 23.1 Å². The molecule has 0 aliphatic heterocycles. The molecule has 1 aliphatic carbocycles. The van der Waals surface area contributed by atoms with Crippen molar-refractivity contribution >= 4 is 5.91 Å². The SMILES string of the molecule is Cn1cc(-c2ccc(CNC(=O)c3cc(C4CC4)on3)cn2)cn1.